The van der Waals surface area contributed by atoms with Crippen molar-refractivity contribution in [1.82, 2.24) is 5.09 Å². The molecule has 0 aromatic heterocycles. The van der Waals surface area contributed by atoms with Crippen molar-refractivity contribution in [2.45, 2.75) is 13.8 Å². The largest absolute Gasteiger partial charge is 0.465 e. The fourth-order valence-electron chi connectivity index (χ4n) is 1.31. The quantitative estimate of drug-likeness (QED) is 0.586. The lowest BCUT2D eigenvalue weighted by atomic mass is 10.3. The molecule has 0 heterocycles. The van der Waals surface area contributed by atoms with Crippen LogP contribution in [0.5, 0.6) is 5.75 Å². The van der Waals surface area contributed by atoms with E-state index in [9.17, 15) is 9.36 Å². The summed E-state index contributed by atoms with van der Waals surface area (Å²) in [5.41, 5.74) is 0. The normalized spacial score (nSPS) is 13.6. The molecule has 0 fully saturated rings. The second-order valence-corrected chi connectivity index (χ2v) is 5.79. The molecule has 1 unspecified atom stereocenters. The zero-order chi connectivity index (χ0) is 15.0. The Morgan fingerprint density at radius 1 is 1.35 bits per heavy atom. The van der Waals surface area contributed by atoms with Crippen LogP contribution in [0.4, 0.5) is 0 Å². The maximum atomic E-state index is 12.4. The standard InChI is InChI=1S/C12H17ClNO5P/c1-3-17-12(15)9-14-20(16,18-4-2)19-11-7-5-6-10(13)8-11/h5-8H,3-4,9H2,1-2H3,(H,14,16). The summed E-state index contributed by atoms with van der Waals surface area (Å²) in [7, 11) is -3.65. The summed E-state index contributed by atoms with van der Waals surface area (Å²) in [4.78, 5) is 11.3. The predicted molar refractivity (Wildman–Crippen MR) is 75.9 cm³/mol. The van der Waals surface area contributed by atoms with E-state index < -0.39 is 13.7 Å². The van der Waals surface area contributed by atoms with Crippen LogP contribution < -0.4 is 9.61 Å². The number of nitrogens with one attached hydrogen (secondary N) is 1. The van der Waals surface area contributed by atoms with Crippen molar-refractivity contribution in [3.05, 3.63) is 29.3 Å². The highest BCUT2D eigenvalue weighted by molar-refractivity contribution is 7.52. The van der Waals surface area contributed by atoms with Gasteiger partial charge in [-0.3, -0.25) is 9.32 Å². The molecule has 1 rings (SSSR count). The number of esters is 1. The van der Waals surface area contributed by atoms with E-state index in [-0.39, 0.29) is 25.5 Å². The highest BCUT2D eigenvalue weighted by Crippen LogP contribution is 2.44. The van der Waals surface area contributed by atoms with Crippen molar-refractivity contribution in [2.75, 3.05) is 19.8 Å². The van der Waals surface area contributed by atoms with Gasteiger partial charge in [0.15, 0.2) is 0 Å². The minimum atomic E-state index is -3.65. The van der Waals surface area contributed by atoms with Gasteiger partial charge in [0.05, 0.1) is 13.2 Å². The van der Waals surface area contributed by atoms with Gasteiger partial charge in [-0.1, -0.05) is 17.7 Å². The zero-order valence-corrected chi connectivity index (χ0v) is 12.9. The van der Waals surface area contributed by atoms with Crippen molar-refractivity contribution >= 4 is 25.3 Å². The van der Waals surface area contributed by atoms with E-state index >= 15 is 0 Å². The second kappa shape index (κ2) is 8.27. The van der Waals surface area contributed by atoms with Crippen molar-refractivity contribution < 1.29 is 23.1 Å². The van der Waals surface area contributed by atoms with Crippen LogP contribution in [0.15, 0.2) is 24.3 Å². The van der Waals surface area contributed by atoms with Gasteiger partial charge >= 0.3 is 13.7 Å². The Morgan fingerprint density at radius 2 is 2.10 bits per heavy atom. The van der Waals surface area contributed by atoms with Crippen molar-refractivity contribution in [2.24, 2.45) is 0 Å². The van der Waals surface area contributed by atoms with Gasteiger partial charge in [0.2, 0.25) is 0 Å². The van der Waals surface area contributed by atoms with Gasteiger partial charge in [0, 0.05) is 5.02 Å². The number of benzene rings is 1. The zero-order valence-electron chi connectivity index (χ0n) is 11.3. The van der Waals surface area contributed by atoms with Crippen LogP contribution in [0.25, 0.3) is 0 Å². The number of ether oxygens (including phenoxy) is 1. The minimum Gasteiger partial charge on any atom is -0.465 e. The lowest BCUT2D eigenvalue weighted by molar-refractivity contribution is -0.141. The first kappa shape index (κ1) is 17.0. The van der Waals surface area contributed by atoms with Crippen LogP contribution >= 0.6 is 19.3 Å². The van der Waals surface area contributed by atoms with Crippen LogP contribution in [0.1, 0.15) is 13.8 Å². The molecule has 0 amide bonds. The van der Waals surface area contributed by atoms with Crippen LogP contribution in [0.2, 0.25) is 5.02 Å². The molecular formula is C12H17ClNO5P. The average Bonchev–Trinajstić information content (AvgIpc) is 2.37. The molecule has 0 saturated carbocycles. The summed E-state index contributed by atoms with van der Waals surface area (Å²) in [5.74, 6) is -0.257. The first-order valence-corrected chi connectivity index (χ1v) is 8.01. The van der Waals surface area contributed by atoms with Gasteiger partial charge in [-0.25, -0.2) is 9.65 Å². The molecule has 1 N–H and O–H groups in total. The second-order valence-electron chi connectivity index (χ2n) is 3.60. The average molecular weight is 322 g/mol. The first-order chi connectivity index (χ1) is 9.49. The number of hydrogen-bond donors (Lipinski definition) is 1. The third kappa shape index (κ3) is 5.92. The van der Waals surface area contributed by atoms with Crippen LogP contribution in [0, 0.1) is 0 Å². The van der Waals surface area contributed by atoms with E-state index in [1.807, 2.05) is 0 Å². The van der Waals surface area contributed by atoms with E-state index in [0.29, 0.717) is 5.02 Å². The Balaban J connectivity index is 2.71. The third-order valence-corrected chi connectivity index (χ3v) is 3.87. The summed E-state index contributed by atoms with van der Waals surface area (Å²) < 4.78 is 27.5. The summed E-state index contributed by atoms with van der Waals surface area (Å²) in [6.45, 7) is 3.48. The van der Waals surface area contributed by atoms with Gasteiger partial charge in [0.25, 0.3) is 0 Å². The van der Waals surface area contributed by atoms with Gasteiger partial charge in [-0.15, -0.1) is 0 Å². The SMILES string of the molecule is CCOC(=O)CNP(=O)(OCC)Oc1cccc(Cl)c1. The maximum Gasteiger partial charge on any atom is 0.459 e. The highest BCUT2D eigenvalue weighted by Gasteiger charge is 2.27. The lowest BCUT2D eigenvalue weighted by Crippen LogP contribution is -2.25. The molecule has 20 heavy (non-hydrogen) atoms. The number of carbonyl (C=O) groups is 1. The molecule has 1 aromatic rings. The molecule has 0 saturated heterocycles. The fourth-order valence-corrected chi connectivity index (χ4v) is 2.75. The molecule has 0 aliphatic heterocycles. The van der Waals surface area contributed by atoms with E-state index in [4.69, 9.17) is 25.4 Å². The monoisotopic (exact) mass is 321 g/mol. The van der Waals surface area contributed by atoms with Gasteiger partial charge in [0.1, 0.15) is 12.3 Å². The Kier molecular flexibility index (Phi) is 7.02. The summed E-state index contributed by atoms with van der Waals surface area (Å²) in [6, 6.07) is 6.40. The summed E-state index contributed by atoms with van der Waals surface area (Å²) in [5, 5.41) is 2.88. The smallest absolute Gasteiger partial charge is 0.459 e. The van der Waals surface area contributed by atoms with Crippen molar-refractivity contribution in [3.63, 3.8) is 0 Å². The number of rotatable bonds is 8. The van der Waals surface area contributed by atoms with Crippen molar-refractivity contribution in [3.8, 4) is 5.75 Å². The third-order valence-electron chi connectivity index (χ3n) is 2.04. The molecule has 1 atom stereocenters. The van der Waals surface area contributed by atoms with Gasteiger partial charge in [-0.05, 0) is 32.0 Å². The molecule has 112 valence electrons. The predicted octanol–water partition coefficient (Wildman–Crippen LogP) is 3.02. The van der Waals surface area contributed by atoms with Crippen molar-refractivity contribution in [1.29, 1.82) is 0 Å². The molecule has 0 radical (unpaired) electrons. The number of carbonyl (C=O) groups excluding carboxylic acids is 1. The molecule has 0 spiro atoms. The first-order valence-electron chi connectivity index (χ1n) is 6.09. The molecule has 1 aromatic carbocycles. The van der Waals surface area contributed by atoms with Gasteiger partial charge in [-0.2, -0.15) is 0 Å². The summed E-state index contributed by atoms with van der Waals surface area (Å²) >= 11 is 5.81. The van der Waals surface area contributed by atoms with E-state index in [0.717, 1.165) is 0 Å². The lowest BCUT2D eigenvalue weighted by Gasteiger charge is -2.18. The topological polar surface area (TPSA) is 73.9 Å². The highest BCUT2D eigenvalue weighted by atomic mass is 35.5. The molecule has 0 aliphatic carbocycles. The molecule has 0 bridgehead atoms. The van der Waals surface area contributed by atoms with Crippen LogP contribution in [0.3, 0.4) is 0 Å². The Morgan fingerprint density at radius 3 is 2.70 bits per heavy atom. The number of halogens is 1. The van der Waals surface area contributed by atoms with E-state index in [2.05, 4.69) is 5.09 Å². The number of hydrogen-bond acceptors (Lipinski definition) is 5. The van der Waals surface area contributed by atoms with Gasteiger partial charge < -0.3 is 9.26 Å². The Bertz CT molecular complexity index is 496. The molecule has 6 nitrogen and oxygen atoms in total. The van der Waals surface area contributed by atoms with Crippen LogP contribution in [-0.2, 0) is 18.6 Å². The maximum absolute atomic E-state index is 12.4. The molecular weight excluding hydrogens is 305 g/mol. The Hall–Kier alpha value is -1.07. The molecule has 0 aliphatic rings. The van der Waals surface area contributed by atoms with E-state index in [1.165, 1.54) is 6.07 Å². The molecule has 8 heteroatoms. The Labute approximate surface area is 122 Å². The minimum absolute atomic E-state index is 0.160. The van der Waals surface area contributed by atoms with Crippen LogP contribution in [-0.4, -0.2) is 25.7 Å². The van der Waals surface area contributed by atoms with E-state index in [1.54, 1.807) is 32.0 Å². The summed E-state index contributed by atoms with van der Waals surface area (Å²) in [6.07, 6.45) is 0. The fraction of sp³-hybridized carbons (Fsp3) is 0.417.